The molecule has 0 spiro atoms. The second kappa shape index (κ2) is 7.55. The van der Waals surface area contributed by atoms with E-state index in [1.807, 2.05) is 17.9 Å². The molecular formula is C17H24N6O3. The molecule has 9 heteroatoms. The predicted octanol–water partition coefficient (Wildman–Crippen LogP) is 0.277. The Kier molecular flexibility index (Phi) is 4.98. The van der Waals surface area contributed by atoms with Gasteiger partial charge in [0, 0.05) is 44.5 Å². The molecule has 0 radical (unpaired) electrons. The lowest BCUT2D eigenvalue weighted by atomic mass is 10.2. The highest BCUT2D eigenvalue weighted by Crippen LogP contribution is 2.18. The maximum absolute atomic E-state index is 12.3. The average Bonchev–Trinajstić information content (AvgIpc) is 3.32. The number of amides is 1. The van der Waals surface area contributed by atoms with Gasteiger partial charge in [0.25, 0.3) is 5.78 Å². The van der Waals surface area contributed by atoms with Gasteiger partial charge in [0.1, 0.15) is 18.8 Å². The van der Waals surface area contributed by atoms with E-state index in [0.29, 0.717) is 25.5 Å². The lowest BCUT2D eigenvalue weighted by Crippen LogP contribution is -2.50. The molecule has 4 rings (SSSR count). The maximum Gasteiger partial charge on any atom is 0.254 e. The van der Waals surface area contributed by atoms with Gasteiger partial charge in [-0.15, -0.1) is 0 Å². The van der Waals surface area contributed by atoms with Crippen LogP contribution in [-0.4, -0.2) is 82.5 Å². The van der Waals surface area contributed by atoms with Crippen LogP contribution >= 0.6 is 0 Å². The number of hydrogen-bond acceptors (Lipinski definition) is 7. The summed E-state index contributed by atoms with van der Waals surface area (Å²) in [6.07, 6.45) is 3.77. The first-order valence-electron chi connectivity index (χ1n) is 9.10. The van der Waals surface area contributed by atoms with E-state index in [1.165, 1.54) is 6.33 Å². The first kappa shape index (κ1) is 17.2. The van der Waals surface area contributed by atoms with E-state index in [0.717, 1.165) is 44.0 Å². The molecule has 0 saturated carbocycles. The van der Waals surface area contributed by atoms with Gasteiger partial charge in [-0.3, -0.25) is 4.79 Å². The molecule has 1 amide bonds. The number of aryl methyl sites for hydroxylation is 1. The molecule has 2 aliphatic rings. The van der Waals surface area contributed by atoms with E-state index in [9.17, 15) is 4.79 Å². The summed E-state index contributed by atoms with van der Waals surface area (Å²) in [6, 6.07) is 2.00. The Hall–Kier alpha value is -2.26. The van der Waals surface area contributed by atoms with Crippen molar-refractivity contribution in [2.24, 2.45) is 0 Å². The number of ether oxygens (including phenoxy) is 2. The fourth-order valence-electron chi connectivity index (χ4n) is 3.47. The Bertz CT molecular complexity index is 765. The van der Waals surface area contributed by atoms with Crippen LogP contribution in [-0.2, 0) is 14.3 Å². The van der Waals surface area contributed by atoms with Gasteiger partial charge in [0.05, 0.1) is 12.7 Å². The van der Waals surface area contributed by atoms with Gasteiger partial charge in [-0.25, -0.2) is 4.98 Å². The SMILES string of the molecule is Cc1cc(N2CCN(C(=O)COC[C@H]3CCCO3)CC2)n2ncnc2n1. The van der Waals surface area contributed by atoms with Gasteiger partial charge in [-0.05, 0) is 19.8 Å². The van der Waals surface area contributed by atoms with Crippen molar-refractivity contribution in [2.45, 2.75) is 25.9 Å². The van der Waals surface area contributed by atoms with Gasteiger partial charge < -0.3 is 19.3 Å². The molecule has 2 aliphatic heterocycles. The topological polar surface area (TPSA) is 85.1 Å². The Balaban J connectivity index is 1.30. The van der Waals surface area contributed by atoms with Crippen molar-refractivity contribution in [3.8, 4) is 0 Å². The monoisotopic (exact) mass is 360 g/mol. The second-order valence-corrected chi connectivity index (χ2v) is 6.75. The number of aromatic nitrogens is 4. The van der Waals surface area contributed by atoms with Crippen LogP contribution in [0.3, 0.4) is 0 Å². The van der Waals surface area contributed by atoms with Crippen molar-refractivity contribution in [2.75, 3.05) is 50.9 Å². The van der Waals surface area contributed by atoms with Crippen molar-refractivity contribution in [1.82, 2.24) is 24.5 Å². The molecule has 0 aliphatic carbocycles. The van der Waals surface area contributed by atoms with Crippen molar-refractivity contribution in [1.29, 1.82) is 0 Å². The summed E-state index contributed by atoms with van der Waals surface area (Å²) in [4.78, 5) is 25.0. The minimum Gasteiger partial charge on any atom is -0.376 e. The molecule has 0 unspecified atom stereocenters. The number of carbonyl (C=O) groups excluding carboxylic acids is 1. The Morgan fingerprint density at radius 3 is 2.96 bits per heavy atom. The van der Waals surface area contributed by atoms with E-state index >= 15 is 0 Å². The third-order valence-corrected chi connectivity index (χ3v) is 4.87. The summed E-state index contributed by atoms with van der Waals surface area (Å²) >= 11 is 0. The predicted molar refractivity (Wildman–Crippen MR) is 94.1 cm³/mol. The standard InChI is InChI=1S/C17H24N6O3/c1-13-9-15(23-17(20-13)18-12-19-23)21-4-6-22(7-5-21)16(24)11-25-10-14-3-2-8-26-14/h9,12,14H,2-8,10-11H2,1H3/t14-/m1/s1. The van der Waals surface area contributed by atoms with Crippen LogP contribution in [0.15, 0.2) is 12.4 Å². The number of nitrogens with zero attached hydrogens (tertiary/aromatic N) is 6. The molecule has 4 heterocycles. The van der Waals surface area contributed by atoms with Crippen molar-refractivity contribution in [3.63, 3.8) is 0 Å². The molecule has 1 atom stereocenters. The average molecular weight is 360 g/mol. The zero-order valence-corrected chi connectivity index (χ0v) is 15.0. The Morgan fingerprint density at radius 1 is 1.35 bits per heavy atom. The van der Waals surface area contributed by atoms with E-state index in [2.05, 4.69) is 20.0 Å². The van der Waals surface area contributed by atoms with Crippen LogP contribution in [0.25, 0.3) is 5.78 Å². The highest BCUT2D eigenvalue weighted by atomic mass is 16.5. The number of fused-ring (bicyclic) bond motifs is 1. The Labute approximate surface area is 151 Å². The van der Waals surface area contributed by atoms with E-state index < -0.39 is 0 Å². The number of carbonyl (C=O) groups is 1. The third-order valence-electron chi connectivity index (χ3n) is 4.87. The highest BCUT2D eigenvalue weighted by molar-refractivity contribution is 5.77. The molecule has 2 aromatic rings. The molecular weight excluding hydrogens is 336 g/mol. The molecule has 2 fully saturated rings. The summed E-state index contributed by atoms with van der Waals surface area (Å²) in [5.74, 6) is 1.60. The van der Waals surface area contributed by atoms with Crippen LogP contribution in [0, 0.1) is 6.92 Å². The van der Waals surface area contributed by atoms with Crippen LogP contribution in [0.4, 0.5) is 5.82 Å². The summed E-state index contributed by atoms with van der Waals surface area (Å²) in [5.41, 5.74) is 0.904. The maximum atomic E-state index is 12.3. The van der Waals surface area contributed by atoms with Crippen molar-refractivity contribution in [3.05, 3.63) is 18.1 Å². The van der Waals surface area contributed by atoms with Gasteiger partial charge in [0.15, 0.2) is 0 Å². The van der Waals surface area contributed by atoms with Crippen LogP contribution in [0.2, 0.25) is 0 Å². The molecule has 0 N–H and O–H groups in total. The van der Waals surface area contributed by atoms with E-state index in [1.54, 1.807) is 4.52 Å². The highest BCUT2D eigenvalue weighted by Gasteiger charge is 2.24. The number of anilines is 1. The smallest absolute Gasteiger partial charge is 0.254 e. The summed E-state index contributed by atoms with van der Waals surface area (Å²) < 4.78 is 12.8. The van der Waals surface area contributed by atoms with Crippen molar-refractivity contribution >= 4 is 17.5 Å². The fraction of sp³-hybridized carbons (Fsp3) is 0.647. The minimum atomic E-state index is 0.0412. The van der Waals surface area contributed by atoms with Crippen LogP contribution < -0.4 is 4.90 Å². The summed E-state index contributed by atoms with van der Waals surface area (Å²) in [6.45, 7) is 6.21. The first-order valence-corrected chi connectivity index (χ1v) is 9.10. The van der Waals surface area contributed by atoms with Gasteiger partial charge in [-0.1, -0.05) is 0 Å². The fourth-order valence-corrected chi connectivity index (χ4v) is 3.47. The molecule has 140 valence electrons. The van der Waals surface area contributed by atoms with Gasteiger partial charge >= 0.3 is 0 Å². The normalized spacial score (nSPS) is 20.9. The number of piperazine rings is 1. The van der Waals surface area contributed by atoms with Crippen molar-refractivity contribution < 1.29 is 14.3 Å². The Morgan fingerprint density at radius 2 is 2.19 bits per heavy atom. The van der Waals surface area contributed by atoms with Gasteiger partial charge in [0.2, 0.25) is 5.91 Å². The summed E-state index contributed by atoms with van der Waals surface area (Å²) in [5, 5.41) is 4.26. The lowest BCUT2D eigenvalue weighted by molar-refractivity contribution is -0.137. The summed E-state index contributed by atoms with van der Waals surface area (Å²) in [7, 11) is 0. The number of hydrogen-bond donors (Lipinski definition) is 0. The second-order valence-electron chi connectivity index (χ2n) is 6.75. The quantitative estimate of drug-likeness (QED) is 0.757. The first-order chi connectivity index (χ1) is 12.7. The molecule has 0 aromatic carbocycles. The zero-order chi connectivity index (χ0) is 17.9. The third kappa shape index (κ3) is 3.63. The molecule has 0 bridgehead atoms. The van der Waals surface area contributed by atoms with E-state index in [-0.39, 0.29) is 18.6 Å². The zero-order valence-electron chi connectivity index (χ0n) is 15.0. The lowest BCUT2D eigenvalue weighted by Gasteiger charge is -2.36. The van der Waals surface area contributed by atoms with E-state index in [4.69, 9.17) is 9.47 Å². The van der Waals surface area contributed by atoms with Crippen LogP contribution in [0.5, 0.6) is 0 Å². The molecule has 2 aromatic heterocycles. The minimum absolute atomic E-state index is 0.0412. The molecule has 26 heavy (non-hydrogen) atoms. The molecule has 2 saturated heterocycles. The largest absolute Gasteiger partial charge is 0.376 e. The number of rotatable bonds is 5. The molecule has 9 nitrogen and oxygen atoms in total. The van der Waals surface area contributed by atoms with Gasteiger partial charge in [-0.2, -0.15) is 14.6 Å². The van der Waals surface area contributed by atoms with Crippen LogP contribution in [0.1, 0.15) is 18.5 Å².